The number of rotatable bonds is 8. The zero-order valence-electron chi connectivity index (χ0n) is 18.1. The lowest BCUT2D eigenvalue weighted by Gasteiger charge is -2.11. The number of carbonyl (C=O) groups is 1. The molecule has 0 saturated heterocycles. The number of ether oxygens (including phenoxy) is 1. The summed E-state index contributed by atoms with van der Waals surface area (Å²) in [6.45, 7) is 2.51. The number of aryl methyl sites for hydroxylation is 1. The average Bonchev–Trinajstić information content (AvgIpc) is 2.82. The van der Waals surface area contributed by atoms with Crippen LogP contribution in [-0.2, 0) is 10.0 Å². The van der Waals surface area contributed by atoms with Crippen molar-refractivity contribution in [2.75, 3.05) is 17.9 Å². The fraction of sp³-hybridized carbons (Fsp3) is 0.115. The van der Waals surface area contributed by atoms with Crippen molar-refractivity contribution in [2.24, 2.45) is 0 Å². The van der Waals surface area contributed by atoms with Crippen LogP contribution >= 0.6 is 0 Å². The Hall–Kier alpha value is -3.84. The topological polar surface area (TPSA) is 84.5 Å². The van der Waals surface area contributed by atoms with E-state index in [4.69, 9.17) is 4.74 Å². The van der Waals surface area contributed by atoms with Crippen LogP contribution in [0.4, 0.5) is 5.69 Å². The highest BCUT2D eigenvalue weighted by atomic mass is 32.2. The van der Waals surface area contributed by atoms with Gasteiger partial charge in [0.1, 0.15) is 12.4 Å². The van der Waals surface area contributed by atoms with Crippen LogP contribution in [0.5, 0.6) is 5.75 Å². The number of anilines is 1. The van der Waals surface area contributed by atoms with Crippen molar-refractivity contribution < 1.29 is 17.9 Å². The van der Waals surface area contributed by atoms with Crippen LogP contribution in [0.15, 0.2) is 95.9 Å². The maximum absolute atomic E-state index is 12.6. The lowest BCUT2D eigenvalue weighted by Crippen LogP contribution is -2.28. The van der Waals surface area contributed by atoms with E-state index in [0.29, 0.717) is 24.4 Å². The van der Waals surface area contributed by atoms with E-state index >= 15 is 0 Å². The Balaban J connectivity index is 1.33. The Morgan fingerprint density at radius 3 is 2.39 bits per heavy atom. The summed E-state index contributed by atoms with van der Waals surface area (Å²) in [5.74, 6) is 0.420. The standard InChI is InChI=1S/C26H24N2O4S/c1-19-9-13-25(14-10-19)33(30,31)28-23-8-4-7-22(17-23)26(29)27-15-16-32-24-12-11-20-5-2-3-6-21(20)18-24/h2-14,17-18,28H,15-16H2,1H3,(H,27,29). The summed E-state index contributed by atoms with van der Waals surface area (Å²) < 4.78 is 33.4. The maximum Gasteiger partial charge on any atom is 0.261 e. The van der Waals surface area contributed by atoms with Crippen LogP contribution < -0.4 is 14.8 Å². The van der Waals surface area contributed by atoms with Gasteiger partial charge in [0.05, 0.1) is 11.4 Å². The zero-order valence-corrected chi connectivity index (χ0v) is 18.9. The molecule has 4 rings (SSSR count). The normalized spacial score (nSPS) is 11.2. The fourth-order valence-corrected chi connectivity index (χ4v) is 4.40. The largest absolute Gasteiger partial charge is 0.492 e. The Labute approximate surface area is 193 Å². The molecule has 0 fully saturated rings. The van der Waals surface area contributed by atoms with E-state index in [1.54, 1.807) is 42.5 Å². The third kappa shape index (κ3) is 5.70. The molecule has 0 heterocycles. The SMILES string of the molecule is Cc1ccc(S(=O)(=O)Nc2cccc(C(=O)NCCOc3ccc4ccccc4c3)c2)cc1. The fourth-order valence-electron chi connectivity index (χ4n) is 3.35. The minimum Gasteiger partial charge on any atom is -0.492 e. The highest BCUT2D eigenvalue weighted by Gasteiger charge is 2.15. The summed E-state index contributed by atoms with van der Waals surface area (Å²) in [6.07, 6.45) is 0. The van der Waals surface area contributed by atoms with Crippen molar-refractivity contribution in [2.45, 2.75) is 11.8 Å². The highest BCUT2D eigenvalue weighted by Crippen LogP contribution is 2.20. The number of carbonyl (C=O) groups excluding carboxylic acids is 1. The minimum absolute atomic E-state index is 0.161. The predicted molar refractivity (Wildman–Crippen MR) is 130 cm³/mol. The van der Waals surface area contributed by atoms with Crippen LogP contribution in [0.2, 0.25) is 0 Å². The van der Waals surface area contributed by atoms with Crippen LogP contribution in [0.3, 0.4) is 0 Å². The molecule has 0 atom stereocenters. The molecule has 0 aliphatic rings. The van der Waals surface area contributed by atoms with Gasteiger partial charge in [0.25, 0.3) is 15.9 Å². The van der Waals surface area contributed by atoms with E-state index in [1.807, 2.05) is 49.4 Å². The van der Waals surface area contributed by atoms with Gasteiger partial charge in [-0.2, -0.15) is 0 Å². The molecule has 4 aromatic carbocycles. The van der Waals surface area contributed by atoms with Gasteiger partial charge >= 0.3 is 0 Å². The number of hydrogen-bond acceptors (Lipinski definition) is 4. The molecule has 0 spiro atoms. The summed E-state index contributed by atoms with van der Waals surface area (Å²) in [4.78, 5) is 12.7. The molecule has 7 heteroatoms. The number of nitrogens with one attached hydrogen (secondary N) is 2. The van der Waals surface area contributed by atoms with Gasteiger partial charge in [0.15, 0.2) is 0 Å². The zero-order chi connectivity index (χ0) is 23.3. The molecule has 0 aliphatic carbocycles. The van der Waals surface area contributed by atoms with Crippen molar-refractivity contribution in [1.29, 1.82) is 0 Å². The third-order valence-corrected chi connectivity index (χ3v) is 6.48. The number of hydrogen-bond donors (Lipinski definition) is 2. The number of benzene rings is 4. The Bertz CT molecular complexity index is 1380. The average molecular weight is 461 g/mol. The molecule has 4 aromatic rings. The number of sulfonamides is 1. The summed E-state index contributed by atoms with van der Waals surface area (Å²) in [6, 6.07) is 26.8. The molecular weight excluding hydrogens is 436 g/mol. The monoisotopic (exact) mass is 460 g/mol. The molecule has 0 radical (unpaired) electrons. The first kappa shape index (κ1) is 22.4. The Morgan fingerprint density at radius 1 is 0.848 bits per heavy atom. The van der Waals surface area contributed by atoms with E-state index in [2.05, 4.69) is 10.0 Å². The summed E-state index contributed by atoms with van der Waals surface area (Å²) in [5.41, 5.74) is 1.64. The lowest BCUT2D eigenvalue weighted by atomic mass is 10.1. The van der Waals surface area contributed by atoms with Crippen LogP contribution in [0.1, 0.15) is 15.9 Å². The number of fused-ring (bicyclic) bond motifs is 1. The Kier molecular flexibility index (Phi) is 6.60. The molecule has 0 bridgehead atoms. The van der Waals surface area contributed by atoms with Gasteiger partial charge in [-0.15, -0.1) is 0 Å². The molecule has 0 aliphatic heterocycles. The van der Waals surface area contributed by atoms with Gasteiger partial charge < -0.3 is 10.1 Å². The van der Waals surface area contributed by atoms with Gasteiger partial charge in [0, 0.05) is 11.3 Å². The predicted octanol–water partition coefficient (Wildman–Crippen LogP) is 4.76. The van der Waals surface area contributed by atoms with Crippen LogP contribution in [0, 0.1) is 6.92 Å². The van der Waals surface area contributed by atoms with Gasteiger partial charge in [-0.25, -0.2) is 8.42 Å². The summed E-state index contributed by atoms with van der Waals surface area (Å²) in [5, 5.41) is 5.02. The lowest BCUT2D eigenvalue weighted by molar-refractivity contribution is 0.0947. The Morgan fingerprint density at radius 2 is 1.61 bits per heavy atom. The number of amides is 1. The molecule has 168 valence electrons. The summed E-state index contributed by atoms with van der Waals surface area (Å²) in [7, 11) is -3.74. The van der Waals surface area contributed by atoms with Gasteiger partial charge in [-0.3, -0.25) is 9.52 Å². The summed E-state index contributed by atoms with van der Waals surface area (Å²) >= 11 is 0. The first-order chi connectivity index (χ1) is 15.9. The molecule has 6 nitrogen and oxygen atoms in total. The molecular formula is C26H24N2O4S. The van der Waals surface area contributed by atoms with E-state index in [-0.39, 0.29) is 10.8 Å². The van der Waals surface area contributed by atoms with Gasteiger partial charge in [-0.05, 0) is 60.2 Å². The van der Waals surface area contributed by atoms with Crippen molar-refractivity contribution in [1.82, 2.24) is 5.32 Å². The second kappa shape index (κ2) is 9.75. The molecule has 2 N–H and O–H groups in total. The van der Waals surface area contributed by atoms with Crippen LogP contribution in [0.25, 0.3) is 10.8 Å². The first-order valence-electron chi connectivity index (χ1n) is 10.5. The van der Waals surface area contributed by atoms with E-state index < -0.39 is 10.0 Å². The maximum atomic E-state index is 12.6. The molecule has 0 aromatic heterocycles. The smallest absolute Gasteiger partial charge is 0.261 e. The van der Waals surface area contributed by atoms with E-state index in [9.17, 15) is 13.2 Å². The van der Waals surface area contributed by atoms with Gasteiger partial charge in [-0.1, -0.05) is 54.1 Å². The van der Waals surface area contributed by atoms with Crippen molar-refractivity contribution in [3.8, 4) is 5.75 Å². The molecule has 1 amide bonds. The van der Waals surface area contributed by atoms with E-state index in [1.165, 1.54) is 6.07 Å². The second-order valence-corrected chi connectivity index (χ2v) is 9.30. The quantitative estimate of drug-likeness (QED) is 0.372. The van der Waals surface area contributed by atoms with Crippen molar-refractivity contribution in [3.05, 3.63) is 102 Å². The van der Waals surface area contributed by atoms with Crippen molar-refractivity contribution in [3.63, 3.8) is 0 Å². The van der Waals surface area contributed by atoms with Crippen molar-refractivity contribution >= 4 is 32.4 Å². The van der Waals surface area contributed by atoms with Crippen LogP contribution in [-0.4, -0.2) is 27.5 Å². The highest BCUT2D eigenvalue weighted by molar-refractivity contribution is 7.92. The molecule has 33 heavy (non-hydrogen) atoms. The van der Waals surface area contributed by atoms with Gasteiger partial charge in [0.2, 0.25) is 0 Å². The second-order valence-electron chi connectivity index (χ2n) is 7.61. The first-order valence-corrected chi connectivity index (χ1v) is 12.0. The molecule has 0 saturated carbocycles. The molecule has 0 unspecified atom stereocenters. The minimum atomic E-state index is -3.74. The van der Waals surface area contributed by atoms with E-state index in [0.717, 1.165) is 22.1 Å². The third-order valence-electron chi connectivity index (χ3n) is 5.09.